The van der Waals surface area contributed by atoms with E-state index < -0.39 is 0 Å². The number of rotatable bonds is 9. The molecule has 3 N–H and O–H groups in total. The Kier molecular flexibility index (Phi) is 9.18. The molecule has 0 saturated heterocycles. The second-order valence-corrected chi connectivity index (χ2v) is 4.12. The highest BCUT2D eigenvalue weighted by molar-refractivity contribution is 5.76. The first-order chi connectivity index (χ1) is 7.60. The summed E-state index contributed by atoms with van der Waals surface area (Å²) in [6.45, 7) is 6.33. The van der Waals surface area contributed by atoms with Crippen LogP contribution >= 0.6 is 0 Å². The third-order valence-electron chi connectivity index (χ3n) is 2.03. The molecule has 0 aromatic rings. The minimum atomic E-state index is -0.198. The number of nitrogens with one attached hydrogen (secondary N) is 1. The van der Waals surface area contributed by atoms with Gasteiger partial charge >= 0.3 is 0 Å². The van der Waals surface area contributed by atoms with Crippen LogP contribution in [-0.4, -0.2) is 45.4 Å². The molecule has 0 spiro atoms. The van der Waals surface area contributed by atoms with Crippen molar-refractivity contribution in [3.63, 3.8) is 0 Å². The van der Waals surface area contributed by atoms with E-state index in [0.717, 1.165) is 6.61 Å². The molecule has 0 saturated carbocycles. The first-order valence-corrected chi connectivity index (χ1v) is 5.67. The number of nitrogens with two attached hydrogens (primary N) is 1. The molecule has 0 bridgehead atoms. The fraction of sp³-hybridized carbons (Fsp3) is 0.909. The standard InChI is InChI=1S/C11H24N2O3/c1-9(2)8-16-5-4-13-11(14)6-10(7-12)15-3/h9-10H,4-8,12H2,1-3H3,(H,13,14). The van der Waals surface area contributed by atoms with Gasteiger partial charge in [0.25, 0.3) is 0 Å². The molecular weight excluding hydrogens is 208 g/mol. The number of carbonyl (C=O) groups is 1. The number of hydrogen-bond donors (Lipinski definition) is 2. The fourth-order valence-corrected chi connectivity index (χ4v) is 1.12. The molecule has 96 valence electrons. The van der Waals surface area contributed by atoms with Crippen LogP contribution in [0, 0.1) is 5.92 Å². The van der Waals surface area contributed by atoms with Gasteiger partial charge in [0.05, 0.1) is 19.1 Å². The van der Waals surface area contributed by atoms with Crippen molar-refractivity contribution >= 4 is 5.91 Å². The van der Waals surface area contributed by atoms with Gasteiger partial charge in [-0.15, -0.1) is 0 Å². The summed E-state index contributed by atoms with van der Waals surface area (Å²) < 4.78 is 10.3. The average Bonchev–Trinajstić information content (AvgIpc) is 2.25. The van der Waals surface area contributed by atoms with Crippen molar-refractivity contribution in [2.24, 2.45) is 11.7 Å². The summed E-state index contributed by atoms with van der Waals surface area (Å²) in [5, 5.41) is 2.76. The highest BCUT2D eigenvalue weighted by Gasteiger charge is 2.10. The number of methoxy groups -OCH3 is 1. The van der Waals surface area contributed by atoms with Gasteiger partial charge in [0, 0.05) is 26.8 Å². The molecule has 16 heavy (non-hydrogen) atoms. The van der Waals surface area contributed by atoms with Gasteiger partial charge in [-0.25, -0.2) is 0 Å². The van der Waals surface area contributed by atoms with E-state index >= 15 is 0 Å². The van der Waals surface area contributed by atoms with Crippen molar-refractivity contribution in [3.8, 4) is 0 Å². The van der Waals surface area contributed by atoms with Gasteiger partial charge < -0.3 is 20.5 Å². The Bertz CT molecular complexity index is 182. The van der Waals surface area contributed by atoms with Crippen LogP contribution in [0.1, 0.15) is 20.3 Å². The third kappa shape index (κ3) is 8.64. The molecule has 0 aliphatic rings. The van der Waals surface area contributed by atoms with E-state index in [-0.39, 0.29) is 12.0 Å². The summed E-state index contributed by atoms with van der Waals surface area (Å²) in [5.41, 5.74) is 5.41. The van der Waals surface area contributed by atoms with Crippen LogP contribution in [0.4, 0.5) is 0 Å². The summed E-state index contributed by atoms with van der Waals surface area (Å²) in [6.07, 6.45) is 0.105. The van der Waals surface area contributed by atoms with E-state index in [0.29, 0.717) is 32.0 Å². The van der Waals surface area contributed by atoms with Crippen LogP contribution < -0.4 is 11.1 Å². The van der Waals surface area contributed by atoms with Crippen LogP contribution in [0.2, 0.25) is 0 Å². The van der Waals surface area contributed by atoms with Gasteiger partial charge in [-0.3, -0.25) is 4.79 Å². The van der Waals surface area contributed by atoms with Gasteiger partial charge in [-0.1, -0.05) is 13.8 Å². The zero-order valence-electron chi connectivity index (χ0n) is 10.5. The number of amides is 1. The largest absolute Gasteiger partial charge is 0.380 e. The van der Waals surface area contributed by atoms with Crippen LogP contribution in [-0.2, 0) is 14.3 Å². The highest BCUT2D eigenvalue weighted by atomic mass is 16.5. The van der Waals surface area contributed by atoms with Gasteiger partial charge in [-0.05, 0) is 5.92 Å². The normalized spacial score (nSPS) is 12.8. The smallest absolute Gasteiger partial charge is 0.222 e. The van der Waals surface area contributed by atoms with Gasteiger partial charge in [-0.2, -0.15) is 0 Å². The van der Waals surface area contributed by atoms with Crippen molar-refractivity contribution in [2.45, 2.75) is 26.4 Å². The van der Waals surface area contributed by atoms with E-state index in [2.05, 4.69) is 19.2 Å². The quantitative estimate of drug-likeness (QED) is 0.555. The maximum absolute atomic E-state index is 11.4. The maximum Gasteiger partial charge on any atom is 0.222 e. The summed E-state index contributed by atoms with van der Waals surface area (Å²) in [7, 11) is 1.55. The van der Waals surface area contributed by atoms with E-state index in [4.69, 9.17) is 15.2 Å². The second-order valence-electron chi connectivity index (χ2n) is 4.12. The zero-order valence-corrected chi connectivity index (χ0v) is 10.5. The lowest BCUT2D eigenvalue weighted by Crippen LogP contribution is -2.33. The molecule has 0 aliphatic heterocycles. The Morgan fingerprint density at radius 3 is 2.62 bits per heavy atom. The fourth-order valence-electron chi connectivity index (χ4n) is 1.12. The summed E-state index contributed by atoms with van der Waals surface area (Å²) in [4.78, 5) is 11.4. The lowest BCUT2D eigenvalue weighted by molar-refractivity contribution is -0.123. The molecule has 0 fully saturated rings. The van der Waals surface area contributed by atoms with Crippen molar-refractivity contribution in [1.29, 1.82) is 0 Å². The summed E-state index contributed by atoms with van der Waals surface area (Å²) in [6, 6.07) is 0. The van der Waals surface area contributed by atoms with E-state index in [1.807, 2.05) is 0 Å². The number of ether oxygens (including phenoxy) is 2. The number of hydrogen-bond acceptors (Lipinski definition) is 4. The van der Waals surface area contributed by atoms with Gasteiger partial charge in [0.15, 0.2) is 0 Å². The molecule has 0 radical (unpaired) electrons. The lowest BCUT2D eigenvalue weighted by atomic mass is 10.2. The predicted octanol–water partition coefficient (Wildman–Crippen LogP) is 0.139. The predicted molar refractivity (Wildman–Crippen MR) is 63.1 cm³/mol. The molecule has 1 unspecified atom stereocenters. The molecule has 1 amide bonds. The van der Waals surface area contributed by atoms with Crippen LogP contribution in [0.5, 0.6) is 0 Å². The van der Waals surface area contributed by atoms with Gasteiger partial charge in [0.1, 0.15) is 0 Å². The van der Waals surface area contributed by atoms with Crippen LogP contribution in [0.25, 0.3) is 0 Å². The van der Waals surface area contributed by atoms with Crippen molar-refractivity contribution in [1.82, 2.24) is 5.32 Å². The molecule has 0 aliphatic carbocycles. The molecular formula is C11H24N2O3. The molecule has 0 aromatic heterocycles. The number of carbonyl (C=O) groups excluding carboxylic acids is 1. The zero-order chi connectivity index (χ0) is 12.4. The molecule has 0 rings (SSSR count). The monoisotopic (exact) mass is 232 g/mol. The molecule has 5 heteroatoms. The summed E-state index contributed by atoms with van der Waals surface area (Å²) in [5.74, 6) is 0.469. The Morgan fingerprint density at radius 1 is 1.44 bits per heavy atom. The lowest BCUT2D eigenvalue weighted by Gasteiger charge is -2.12. The molecule has 0 aromatic carbocycles. The first-order valence-electron chi connectivity index (χ1n) is 5.67. The highest BCUT2D eigenvalue weighted by Crippen LogP contribution is 1.94. The van der Waals surface area contributed by atoms with Gasteiger partial charge in [0.2, 0.25) is 5.91 Å². The summed E-state index contributed by atoms with van der Waals surface area (Å²) >= 11 is 0. The minimum Gasteiger partial charge on any atom is -0.380 e. The van der Waals surface area contributed by atoms with E-state index in [9.17, 15) is 4.79 Å². The average molecular weight is 232 g/mol. The Hall–Kier alpha value is -0.650. The second kappa shape index (κ2) is 9.57. The minimum absolute atomic E-state index is 0.0505. The van der Waals surface area contributed by atoms with E-state index in [1.165, 1.54) is 0 Å². The van der Waals surface area contributed by atoms with Crippen LogP contribution in [0.3, 0.4) is 0 Å². The maximum atomic E-state index is 11.4. The molecule has 0 heterocycles. The first kappa shape index (κ1) is 15.3. The third-order valence-corrected chi connectivity index (χ3v) is 2.03. The van der Waals surface area contributed by atoms with E-state index in [1.54, 1.807) is 7.11 Å². The van der Waals surface area contributed by atoms with Crippen molar-refractivity contribution < 1.29 is 14.3 Å². The van der Waals surface area contributed by atoms with Crippen LogP contribution in [0.15, 0.2) is 0 Å². The Morgan fingerprint density at radius 2 is 2.12 bits per heavy atom. The Balaban J connectivity index is 3.43. The topological polar surface area (TPSA) is 73.6 Å². The van der Waals surface area contributed by atoms with Crippen molar-refractivity contribution in [2.75, 3.05) is 33.4 Å². The molecule has 5 nitrogen and oxygen atoms in total. The van der Waals surface area contributed by atoms with Crippen molar-refractivity contribution in [3.05, 3.63) is 0 Å². The Labute approximate surface area is 97.7 Å². The molecule has 1 atom stereocenters. The SMILES string of the molecule is COC(CN)CC(=O)NCCOCC(C)C.